The van der Waals surface area contributed by atoms with Gasteiger partial charge in [-0.25, -0.2) is 0 Å². The van der Waals surface area contributed by atoms with Crippen LogP contribution in [0.15, 0.2) is 48.7 Å². The molecule has 24 heavy (non-hydrogen) atoms. The standard InChI is InChI=1S/C20H21NO3/c1-3-24-20(23)11-17(14-6-4-13(2)5-7-14)18-12-21-19-10-15(22)8-9-16(18)19/h4-10,12,17,21-22H,3,11H2,1-2H3. The number of hydrogen-bond donors (Lipinski definition) is 2. The quantitative estimate of drug-likeness (QED) is 0.689. The van der Waals surface area contributed by atoms with Crippen molar-refractivity contribution in [2.45, 2.75) is 26.2 Å². The SMILES string of the molecule is CCOC(=O)CC(c1ccc(C)cc1)c1c[nH]c2cc(O)ccc12. The number of aromatic nitrogens is 1. The van der Waals surface area contributed by atoms with Crippen LogP contribution in [-0.2, 0) is 9.53 Å². The first-order valence-corrected chi connectivity index (χ1v) is 8.10. The van der Waals surface area contributed by atoms with Crippen LogP contribution in [0.5, 0.6) is 5.75 Å². The van der Waals surface area contributed by atoms with Crippen LogP contribution in [0.2, 0.25) is 0 Å². The number of phenolic OH excluding ortho intramolecular Hbond substituents is 1. The van der Waals surface area contributed by atoms with E-state index in [0.29, 0.717) is 6.61 Å². The second kappa shape index (κ2) is 6.79. The van der Waals surface area contributed by atoms with Crippen molar-refractivity contribution in [3.05, 3.63) is 65.4 Å². The van der Waals surface area contributed by atoms with E-state index in [-0.39, 0.29) is 24.1 Å². The number of carbonyl (C=O) groups is 1. The maximum atomic E-state index is 12.1. The Labute approximate surface area is 141 Å². The Morgan fingerprint density at radius 2 is 1.96 bits per heavy atom. The van der Waals surface area contributed by atoms with Gasteiger partial charge in [-0.15, -0.1) is 0 Å². The second-order valence-electron chi connectivity index (χ2n) is 5.95. The van der Waals surface area contributed by atoms with Crippen LogP contribution in [0.25, 0.3) is 10.9 Å². The van der Waals surface area contributed by atoms with Gasteiger partial charge >= 0.3 is 5.97 Å². The molecule has 0 aliphatic carbocycles. The molecule has 2 N–H and O–H groups in total. The summed E-state index contributed by atoms with van der Waals surface area (Å²) >= 11 is 0. The molecule has 0 aliphatic rings. The van der Waals surface area contributed by atoms with E-state index in [1.807, 2.05) is 38.2 Å². The van der Waals surface area contributed by atoms with Crippen molar-refractivity contribution < 1.29 is 14.6 Å². The zero-order valence-electron chi connectivity index (χ0n) is 13.9. The molecule has 0 amide bonds. The molecule has 0 aliphatic heterocycles. The van der Waals surface area contributed by atoms with Gasteiger partial charge < -0.3 is 14.8 Å². The molecule has 3 rings (SSSR count). The number of rotatable bonds is 5. The molecule has 0 bridgehead atoms. The topological polar surface area (TPSA) is 62.3 Å². The third-order valence-corrected chi connectivity index (χ3v) is 4.23. The summed E-state index contributed by atoms with van der Waals surface area (Å²) in [6.07, 6.45) is 2.19. The molecule has 0 spiro atoms. The van der Waals surface area contributed by atoms with Gasteiger partial charge in [0.1, 0.15) is 5.75 Å². The van der Waals surface area contributed by atoms with Crippen LogP contribution in [0.3, 0.4) is 0 Å². The van der Waals surface area contributed by atoms with Crippen molar-refractivity contribution in [2.75, 3.05) is 6.61 Å². The van der Waals surface area contributed by atoms with Gasteiger partial charge in [-0.3, -0.25) is 4.79 Å². The Morgan fingerprint density at radius 1 is 1.21 bits per heavy atom. The Kier molecular flexibility index (Phi) is 4.56. The summed E-state index contributed by atoms with van der Waals surface area (Å²) in [6, 6.07) is 13.4. The molecule has 3 aromatic rings. The summed E-state index contributed by atoms with van der Waals surface area (Å²) in [6.45, 7) is 4.23. The normalized spacial score (nSPS) is 12.2. The molecule has 0 fully saturated rings. The summed E-state index contributed by atoms with van der Waals surface area (Å²) in [4.78, 5) is 15.3. The number of hydrogen-bond acceptors (Lipinski definition) is 3. The van der Waals surface area contributed by atoms with Gasteiger partial charge in [0.15, 0.2) is 0 Å². The van der Waals surface area contributed by atoms with Crippen LogP contribution < -0.4 is 0 Å². The van der Waals surface area contributed by atoms with Gasteiger partial charge in [-0.1, -0.05) is 29.8 Å². The van der Waals surface area contributed by atoms with Crippen molar-refractivity contribution in [3.63, 3.8) is 0 Å². The van der Waals surface area contributed by atoms with E-state index < -0.39 is 0 Å². The smallest absolute Gasteiger partial charge is 0.306 e. The van der Waals surface area contributed by atoms with Crippen molar-refractivity contribution in [1.29, 1.82) is 0 Å². The predicted molar refractivity (Wildman–Crippen MR) is 94.2 cm³/mol. The Morgan fingerprint density at radius 3 is 2.67 bits per heavy atom. The van der Waals surface area contributed by atoms with Gasteiger partial charge in [0.05, 0.1) is 13.0 Å². The number of nitrogens with one attached hydrogen (secondary N) is 1. The minimum Gasteiger partial charge on any atom is -0.508 e. The summed E-state index contributed by atoms with van der Waals surface area (Å²) < 4.78 is 5.16. The summed E-state index contributed by atoms with van der Waals surface area (Å²) in [5, 5.41) is 10.6. The molecule has 0 radical (unpaired) electrons. The lowest BCUT2D eigenvalue weighted by molar-refractivity contribution is -0.143. The Hall–Kier alpha value is -2.75. The molecule has 0 saturated heterocycles. The number of H-pyrrole nitrogens is 1. The maximum Gasteiger partial charge on any atom is 0.306 e. The molecular formula is C20H21NO3. The third-order valence-electron chi connectivity index (χ3n) is 4.23. The number of fused-ring (bicyclic) bond motifs is 1. The monoisotopic (exact) mass is 323 g/mol. The van der Waals surface area contributed by atoms with Crippen LogP contribution in [0, 0.1) is 6.92 Å². The molecule has 124 valence electrons. The fourth-order valence-corrected chi connectivity index (χ4v) is 3.02. The number of phenols is 1. The first-order valence-electron chi connectivity index (χ1n) is 8.10. The lowest BCUT2D eigenvalue weighted by Gasteiger charge is -2.17. The molecule has 2 aromatic carbocycles. The molecule has 1 aromatic heterocycles. The minimum atomic E-state index is -0.212. The number of aromatic amines is 1. The van der Waals surface area contributed by atoms with Crippen LogP contribution in [0.1, 0.15) is 36.0 Å². The van der Waals surface area contributed by atoms with Crippen molar-refractivity contribution in [1.82, 2.24) is 4.98 Å². The minimum absolute atomic E-state index is 0.0945. The van der Waals surface area contributed by atoms with E-state index in [0.717, 1.165) is 22.0 Å². The van der Waals surface area contributed by atoms with Crippen molar-refractivity contribution in [3.8, 4) is 5.75 Å². The highest BCUT2D eigenvalue weighted by Gasteiger charge is 2.22. The zero-order chi connectivity index (χ0) is 17.1. The molecule has 1 heterocycles. The highest BCUT2D eigenvalue weighted by Crippen LogP contribution is 2.34. The zero-order valence-corrected chi connectivity index (χ0v) is 13.9. The van der Waals surface area contributed by atoms with E-state index in [4.69, 9.17) is 4.74 Å². The maximum absolute atomic E-state index is 12.1. The van der Waals surface area contributed by atoms with Gasteiger partial charge in [0.25, 0.3) is 0 Å². The van der Waals surface area contributed by atoms with Crippen LogP contribution in [0.4, 0.5) is 0 Å². The molecule has 1 unspecified atom stereocenters. The highest BCUT2D eigenvalue weighted by molar-refractivity contribution is 5.86. The largest absolute Gasteiger partial charge is 0.508 e. The Balaban J connectivity index is 2.05. The fourth-order valence-electron chi connectivity index (χ4n) is 3.02. The highest BCUT2D eigenvalue weighted by atomic mass is 16.5. The third kappa shape index (κ3) is 3.27. The van der Waals surface area contributed by atoms with Gasteiger partial charge in [0.2, 0.25) is 0 Å². The average Bonchev–Trinajstić information content (AvgIpc) is 2.96. The number of benzene rings is 2. The Bertz CT molecular complexity index is 849. The number of aromatic hydroxyl groups is 1. The van der Waals surface area contributed by atoms with E-state index in [9.17, 15) is 9.90 Å². The lowest BCUT2D eigenvalue weighted by Crippen LogP contribution is -2.11. The molecule has 0 saturated carbocycles. The van der Waals surface area contributed by atoms with E-state index in [2.05, 4.69) is 17.1 Å². The lowest BCUT2D eigenvalue weighted by atomic mass is 9.88. The van der Waals surface area contributed by atoms with E-state index in [1.54, 1.807) is 12.1 Å². The summed E-state index contributed by atoms with van der Waals surface area (Å²) in [5.41, 5.74) is 4.13. The van der Waals surface area contributed by atoms with Crippen LogP contribution in [-0.4, -0.2) is 22.7 Å². The molecule has 4 nitrogen and oxygen atoms in total. The number of ether oxygens (including phenoxy) is 1. The number of aryl methyl sites for hydroxylation is 1. The number of esters is 1. The van der Waals surface area contributed by atoms with E-state index in [1.165, 1.54) is 5.56 Å². The van der Waals surface area contributed by atoms with Crippen molar-refractivity contribution >= 4 is 16.9 Å². The average molecular weight is 323 g/mol. The summed E-state index contributed by atoms with van der Waals surface area (Å²) in [7, 11) is 0. The number of carbonyl (C=O) groups excluding carboxylic acids is 1. The van der Waals surface area contributed by atoms with Crippen molar-refractivity contribution in [2.24, 2.45) is 0 Å². The van der Waals surface area contributed by atoms with E-state index >= 15 is 0 Å². The molecule has 1 atom stereocenters. The molecular weight excluding hydrogens is 302 g/mol. The van der Waals surface area contributed by atoms with Gasteiger partial charge in [-0.05, 0) is 37.1 Å². The van der Waals surface area contributed by atoms with Gasteiger partial charge in [0, 0.05) is 29.1 Å². The first kappa shape index (κ1) is 16.1. The predicted octanol–water partition coefficient (Wildman–Crippen LogP) is 4.27. The van der Waals surface area contributed by atoms with Crippen LogP contribution >= 0.6 is 0 Å². The summed E-state index contributed by atoms with van der Waals surface area (Å²) in [5.74, 6) is -0.0904. The first-order chi connectivity index (χ1) is 11.6. The fraction of sp³-hybridized carbons (Fsp3) is 0.250. The second-order valence-corrected chi connectivity index (χ2v) is 5.95. The van der Waals surface area contributed by atoms with Gasteiger partial charge in [-0.2, -0.15) is 0 Å². The molecule has 4 heteroatoms.